The first-order valence-corrected chi connectivity index (χ1v) is 11.1. The van der Waals surface area contributed by atoms with Crippen molar-refractivity contribution in [2.45, 2.75) is 71.4 Å². The maximum Gasteiger partial charge on any atom is 0.350 e. The molecule has 1 aliphatic rings. The molecule has 7 nitrogen and oxygen atoms in total. The second kappa shape index (κ2) is 12.0. The maximum absolute atomic E-state index is 12.0. The number of guanidine groups is 1. The monoisotopic (exact) mass is 410 g/mol. The van der Waals surface area contributed by atoms with Crippen LogP contribution in [0.25, 0.3) is 0 Å². The lowest BCUT2D eigenvalue weighted by Gasteiger charge is -2.22. The zero-order chi connectivity index (χ0) is 20.4. The molecule has 0 radical (unpaired) electrons. The highest BCUT2D eigenvalue weighted by atomic mass is 32.1. The van der Waals surface area contributed by atoms with E-state index in [-0.39, 0.29) is 12.0 Å². The molecule has 0 aromatic carbocycles. The number of nitrogens with zero attached hydrogens (tertiary/aromatic N) is 2. The number of hydrogen-bond donors (Lipinski definition) is 2. The minimum absolute atomic E-state index is 0.0587. The number of aliphatic imine (C=N–C) groups is 1. The SMILES string of the molecule is CCOC(=O)c1sc(C(C)NC(=NC)NCCCOC2CCCCC2)nc1C. The molecule has 1 unspecified atom stereocenters. The molecule has 158 valence electrons. The number of nitrogens with one attached hydrogen (secondary N) is 2. The molecule has 1 saturated carbocycles. The average Bonchev–Trinajstić information content (AvgIpc) is 3.09. The number of carbonyl (C=O) groups excluding carboxylic acids is 1. The molecule has 0 amide bonds. The van der Waals surface area contributed by atoms with Crippen LogP contribution in [-0.2, 0) is 9.47 Å². The molecule has 1 aromatic rings. The van der Waals surface area contributed by atoms with E-state index in [2.05, 4.69) is 20.6 Å². The Bertz CT molecular complexity index is 641. The lowest BCUT2D eigenvalue weighted by molar-refractivity contribution is 0.0277. The molecule has 0 spiro atoms. The summed E-state index contributed by atoms with van der Waals surface area (Å²) in [7, 11) is 1.75. The van der Waals surface area contributed by atoms with Gasteiger partial charge in [-0.1, -0.05) is 19.3 Å². The number of aryl methyl sites for hydroxylation is 1. The molecule has 0 saturated heterocycles. The summed E-state index contributed by atoms with van der Waals surface area (Å²) in [4.78, 5) is 21.3. The summed E-state index contributed by atoms with van der Waals surface area (Å²) in [6.45, 7) is 7.57. The Morgan fingerprint density at radius 3 is 2.79 bits per heavy atom. The van der Waals surface area contributed by atoms with Gasteiger partial charge in [0.1, 0.15) is 9.88 Å². The molecule has 1 aromatic heterocycles. The topological polar surface area (TPSA) is 84.8 Å². The quantitative estimate of drug-likeness (QED) is 0.280. The van der Waals surface area contributed by atoms with E-state index in [1.54, 1.807) is 14.0 Å². The van der Waals surface area contributed by atoms with Crippen LogP contribution in [0.15, 0.2) is 4.99 Å². The highest BCUT2D eigenvalue weighted by molar-refractivity contribution is 7.13. The van der Waals surface area contributed by atoms with E-state index in [0.29, 0.717) is 23.3 Å². The van der Waals surface area contributed by atoms with Crippen LogP contribution >= 0.6 is 11.3 Å². The van der Waals surface area contributed by atoms with E-state index in [9.17, 15) is 4.79 Å². The van der Waals surface area contributed by atoms with Crippen molar-refractivity contribution in [2.24, 2.45) is 4.99 Å². The molecule has 1 aliphatic carbocycles. The van der Waals surface area contributed by atoms with Gasteiger partial charge in [-0.05, 0) is 40.0 Å². The Morgan fingerprint density at radius 2 is 2.11 bits per heavy atom. The second-order valence-electron chi connectivity index (χ2n) is 7.04. The Morgan fingerprint density at radius 1 is 1.36 bits per heavy atom. The molecule has 1 heterocycles. The third-order valence-electron chi connectivity index (χ3n) is 4.74. The van der Waals surface area contributed by atoms with E-state index >= 15 is 0 Å². The fraction of sp³-hybridized carbons (Fsp3) is 0.750. The summed E-state index contributed by atoms with van der Waals surface area (Å²) in [6, 6.07) is -0.0587. The van der Waals surface area contributed by atoms with Gasteiger partial charge in [0.2, 0.25) is 0 Å². The van der Waals surface area contributed by atoms with E-state index in [4.69, 9.17) is 9.47 Å². The van der Waals surface area contributed by atoms with Crippen LogP contribution in [0.3, 0.4) is 0 Å². The summed E-state index contributed by atoms with van der Waals surface area (Å²) in [5, 5.41) is 7.48. The summed E-state index contributed by atoms with van der Waals surface area (Å²) in [6.07, 6.45) is 7.74. The van der Waals surface area contributed by atoms with Crippen LogP contribution in [0.4, 0.5) is 0 Å². The Kier molecular flexibility index (Phi) is 9.70. The van der Waals surface area contributed by atoms with E-state index in [0.717, 1.165) is 30.5 Å². The molecule has 0 aliphatic heterocycles. The Labute approximate surface area is 172 Å². The number of esters is 1. The van der Waals surface area contributed by atoms with Crippen molar-refractivity contribution in [3.63, 3.8) is 0 Å². The summed E-state index contributed by atoms with van der Waals surface area (Å²) >= 11 is 1.36. The fourth-order valence-corrected chi connectivity index (χ4v) is 4.17. The molecule has 2 rings (SSSR count). The first-order chi connectivity index (χ1) is 13.5. The average molecular weight is 411 g/mol. The normalized spacial score (nSPS) is 16.6. The van der Waals surface area contributed by atoms with Crippen molar-refractivity contribution in [1.82, 2.24) is 15.6 Å². The van der Waals surface area contributed by atoms with Gasteiger partial charge in [0.25, 0.3) is 0 Å². The molecule has 2 N–H and O–H groups in total. The summed E-state index contributed by atoms with van der Waals surface area (Å²) in [5.74, 6) is 0.409. The Balaban J connectivity index is 1.74. The van der Waals surface area contributed by atoms with Crippen LogP contribution in [0, 0.1) is 6.92 Å². The predicted octanol–water partition coefficient (Wildman–Crippen LogP) is 3.59. The van der Waals surface area contributed by atoms with Gasteiger partial charge in [0.15, 0.2) is 5.96 Å². The molecular formula is C20H34N4O3S. The molecular weight excluding hydrogens is 376 g/mol. The van der Waals surface area contributed by atoms with Gasteiger partial charge in [-0.2, -0.15) is 0 Å². The van der Waals surface area contributed by atoms with E-state index in [1.165, 1.54) is 43.4 Å². The largest absolute Gasteiger partial charge is 0.462 e. The fourth-order valence-electron chi connectivity index (χ4n) is 3.21. The van der Waals surface area contributed by atoms with E-state index in [1.807, 2.05) is 13.8 Å². The zero-order valence-corrected chi connectivity index (χ0v) is 18.4. The van der Waals surface area contributed by atoms with Crippen LogP contribution in [0.1, 0.15) is 78.8 Å². The lowest BCUT2D eigenvalue weighted by atomic mass is 9.98. The second-order valence-corrected chi connectivity index (χ2v) is 8.07. The number of hydrogen-bond acceptors (Lipinski definition) is 6. The van der Waals surface area contributed by atoms with Crippen LogP contribution in [0.5, 0.6) is 0 Å². The van der Waals surface area contributed by atoms with Crippen molar-refractivity contribution in [2.75, 3.05) is 26.8 Å². The number of aromatic nitrogens is 1. The first-order valence-electron chi connectivity index (χ1n) is 10.3. The smallest absolute Gasteiger partial charge is 0.350 e. The first kappa shape index (κ1) is 22.6. The van der Waals surface area contributed by atoms with E-state index < -0.39 is 0 Å². The number of carbonyl (C=O) groups is 1. The minimum Gasteiger partial charge on any atom is -0.462 e. The molecule has 0 bridgehead atoms. The van der Waals surface area contributed by atoms with Crippen LogP contribution in [0.2, 0.25) is 0 Å². The predicted molar refractivity (Wildman–Crippen MR) is 113 cm³/mol. The van der Waals surface area contributed by atoms with Gasteiger partial charge >= 0.3 is 5.97 Å². The van der Waals surface area contributed by atoms with Gasteiger partial charge in [-0.3, -0.25) is 4.99 Å². The molecule has 1 fully saturated rings. The summed E-state index contributed by atoms with van der Waals surface area (Å²) < 4.78 is 11.0. The number of rotatable bonds is 9. The summed E-state index contributed by atoms with van der Waals surface area (Å²) in [5.41, 5.74) is 0.704. The molecule has 8 heteroatoms. The van der Waals surface area contributed by atoms with Gasteiger partial charge in [-0.15, -0.1) is 11.3 Å². The van der Waals surface area contributed by atoms with Gasteiger partial charge in [-0.25, -0.2) is 9.78 Å². The van der Waals surface area contributed by atoms with Crippen molar-refractivity contribution < 1.29 is 14.3 Å². The van der Waals surface area contributed by atoms with Crippen molar-refractivity contribution in [3.05, 3.63) is 15.6 Å². The Hall–Kier alpha value is -1.67. The molecule has 1 atom stereocenters. The zero-order valence-electron chi connectivity index (χ0n) is 17.5. The third-order valence-corrected chi connectivity index (χ3v) is 6.06. The van der Waals surface area contributed by atoms with Crippen LogP contribution in [-0.4, -0.2) is 49.8 Å². The van der Waals surface area contributed by atoms with Crippen molar-refractivity contribution in [3.8, 4) is 0 Å². The highest BCUT2D eigenvalue weighted by Crippen LogP contribution is 2.24. The molecule has 28 heavy (non-hydrogen) atoms. The van der Waals surface area contributed by atoms with Crippen LogP contribution < -0.4 is 10.6 Å². The van der Waals surface area contributed by atoms with Gasteiger partial charge < -0.3 is 20.1 Å². The van der Waals surface area contributed by atoms with Gasteiger partial charge in [0.05, 0.1) is 24.4 Å². The highest BCUT2D eigenvalue weighted by Gasteiger charge is 2.20. The van der Waals surface area contributed by atoms with Crippen molar-refractivity contribution in [1.29, 1.82) is 0 Å². The van der Waals surface area contributed by atoms with Gasteiger partial charge in [0, 0.05) is 20.2 Å². The number of ether oxygens (including phenoxy) is 2. The van der Waals surface area contributed by atoms with Crippen molar-refractivity contribution >= 4 is 23.3 Å². The lowest BCUT2D eigenvalue weighted by Crippen LogP contribution is -2.39. The third kappa shape index (κ3) is 7.05. The number of thiazole rings is 1. The minimum atomic E-state index is -0.309. The maximum atomic E-state index is 12.0. The standard InChI is InChI=1S/C20H34N4O3S/c1-5-26-19(25)17-14(2)23-18(28-17)15(3)24-20(21-4)22-12-9-13-27-16-10-7-6-8-11-16/h15-16H,5-13H2,1-4H3,(H2,21,22,24).